The van der Waals surface area contributed by atoms with Crippen molar-refractivity contribution in [3.05, 3.63) is 0 Å². The normalized spacial score (nSPS) is 19.9. The van der Waals surface area contributed by atoms with E-state index in [0.717, 1.165) is 18.8 Å². The first-order valence-corrected chi connectivity index (χ1v) is 6.16. The van der Waals surface area contributed by atoms with Crippen molar-refractivity contribution in [2.45, 2.75) is 57.9 Å². The average Bonchev–Trinajstić information content (AvgIpc) is 2.27. The summed E-state index contributed by atoms with van der Waals surface area (Å²) in [7, 11) is 0. The fraction of sp³-hybridized carbons (Fsp3) is 0.917. The minimum Gasteiger partial charge on any atom is -0.465 e. The lowest BCUT2D eigenvalue weighted by Crippen LogP contribution is -2.32. The second-order valence-corrected chi connectivity index (χ2v) is 4.44. The SMILES string of the molecule is CCOC(=O)C(N)CCC1CCCCC1. The molecular weight excluding hydrogens is 190 g/mol. The number of hydrogen-bond donors (Lipinski definition) is 1. The Morgan fingerprint density at radius 1 is 1.40 bits per heavy atom. The number of carbonyl (C=O) groups excluding carboxylic acids is 1. The average molecular weight is 213 g/mol. The molecule has 1 atom stereocenters. The van der Waals surface area contributed by atoms with Crippen LogP contribution in [0.2, 0.25) is 0 Å². The summed E-state index contributed by atoms with van der Waals surface area (Å²) in [6.07, 6.45) is 8.56. The molecule has 0 aromatic rings. The molecule has 1 fully saturated rings. The van der Waals surface area contributed by atoms with Crippen molar-refractivity contribution < 1.29 is 9.53 Å². The van der Waals surface area contributed by atoms with Crippen LogP contribution in [0.3, 0.4) is 0 Å². The van der Waals surface area contributed by atoms with E-state index in [1.807, 2.05) is 6.92 Å². The predicted octanol–water partition coefficient (Wildman–Crippen LogP) is 2.24. The van der Waals surface area contributed by atoms with E-state index in [9.17, 15) is 4.79 Å². The number of carbonyl (C=O) groups is 1. The molecule has 3 nitrogen and oxygen atoms in total. The van der Waals surface area contributed by atoms with E-state index < -0.39 is 6.04 Å². The molecule has 0 aromatic heterocycles. The van der Waals surface area contributed by atoms with Crippen molar-refractivity contribution in [1.29, 1.82) is 0 Å². The van der Waals surface area contributed by atoms with Gasteiger partial charge in [-0.05, 0) is 25.7 Å². The minimum atomic E-state index is -0.410. The third-order valence-electron chi connectivity index (χ3n) is 3.20. The second kappa shape index (κ2) is 6.83. The van der Waals surface area contributed by atoms with Gasteiger partial charge in [0.1, 0.15) is 6.04 Å². The van der Waals surface area contributed by atoms with Gasteiger partial charge < -0.3 is 10.5 Å². The van der Waals surface area contributed by atoms with Crippen LogP contribution < -0.4 is 5.73 Å². The number of nitrogens with two attached hydrogens (primary N) is 1. The van der Waals surface area contributed by atoms with Gasteiger partial charge in [-0.15, -0.1) is 0 Å². The van der Waals surface area contributed by atoms with Crippen molar-refractivity contribution in [3.63, 3.8) is 0 Å². The zero-order chi connectivity index (χ0) is 11.1. The number of hydrogen-bond acceptors (Lipinski definition) is 3. The maximum Gasteiger partial charge on any atom is 0.322 e. The van der Waals surface area contributed by atoms with Crippen LogP contribution in [-0.2, 0) is 9.53 Å². The Morgan fingerprint density at radius 2 is 2.07 bits per heavy atom. The number of esters is 1. The van der Waals surface area contributed by atoms with Crippen LogP contribution in [0.5, 0.6) is 0 Å². The highest BCUT2D eigenvalue weighted by Crippen LogP contribution is 2.27. The van der Waals surface area contributed by atoms with Gasteiger partial charge in [0.05, 0.1) is 6.61 Å². The van der Waals surface area contributed by atoms with Gasteiger partial charge in [0, 0.05) is 0 Å². The van der Waals surface area contributed by atoms with Crippen LogP contribution in [0.1, 0.15) is 51.9 Å². The molecule has 1 aliphatic carbocycles. The first-order chi connectivity index (χ1) is 7.24. The third kappa shape index (κ3) is 4.65. The maximum atomic E-state index is 11.3. The largest absolute Gasteiger partial charge is 0.465 e. The van der Waals surface area contributed by atoms with E-state index >= 15 is 0 Å². The summed E-state index contributed by atoms with van der Waals surface area (Å²) in [5.41, 5.74) is 5.75. The smallest absolute Gasteiger partial charge is 0.322 e. The Morgan fingerprint density at radius 3 is 2.67 bits per heavy atom. The van der Waals surface area contributed by atoms with Gasteiger partial charge in [-0.25, -0.2) is 0 Å². The van der Waals surface area contributed by atoms with Gasteiger partial charge in [-0.2, -0.15) is 0 Å². The van der Waals surface area contributed by atoms with Crippen molar-refractivity contribution >= 4 is 5.97 Å². The lowest BCUT2D eigenvalue weighted by atomic mass is 9.85. The standard InChI is InChI=1S/C12H23NO2/c1-2-15-12(14)11(13)9-8-10-6-4-3-5-7-10/h10-11H,2-9,13H2,1H3. The van der Waals surface area contributed by atoms with E-state index in [1.54, 1.807) is 0 Å². The highest BCUT2D eigenvalue weighted by molar-refractivity contribution is 5.75. The van der Waals surface area contributed by atoms with Crippen molar-refractivity contribution in [2.75, 3.05) is 6.61 Å². The lowest BCUT2D eigenvalue weighted by molar-refractivity contribution is -0.144. The zero-order valence-corrected chi connectivity index (χ0v) is 9.71. The summed E-state index contributed by atoms with van der Waals surface area (Å²) in [6, 6.07) is -0.410. The van der Waals surface area contributed by atoms with Crippen LogP contribution in [0.25, 0.3) is 0 Å². The van der Waals surface area contributed by atoms with Crippen molar-refractivity contribution in [3.8, 4) is 0 Å². The van der Waals surface area contributed by atoms with Crippen LogP contribution in [0, 0.1) is 5.92 Å². The van der Waals surface area contributed by atoms with Crippen LogP contribution in [0.4, 0.5) is 0 Å². The lowest BCUT2D eigenvalue weighted by Gasteiger charge is -2.22. The summed E-state index contributed by atoms with van der Waals surface area (Å²) >= 11 is 0. The number of ether oxygens (including phenoxy) is 1. The molecule has 1 unspecified atom stereocenters. The molecule has 0 amide bonds. The molecule has 1 aliphatic rings. The Hall–Kier alpha value is -0.570. The maximum absolute atomic E-state index is 11.3. The van der Waals surface area contributed by atoms with Gasteiger partial charge in [-0.3, -0.25) is 4.79 Å². The van der Waals surface area contributed by atoms with Gasteiger partial charge in [0.2, 0.25) is 0 Å². The summed E-state index contributed by atoms with van der Waals surface area (Å²) < 4.78 is 4.88. The Labute approximate surface area is 92.4 Å². The molecule has 2 N–H and O–H groups in total. The first kappa shape index (κ1) is 12.5. The first-order valence-electron chi connectivity index (χ1n) is 6.16. The van der Waals surface area contributed by atoms with E-state index in [-0.39, 0.29) is 5.97 Å². The summed E-state index contributed by atoms with van der Waals surface area (Å²) in [5.74, 6) is 0.549. The molecule has 0 radical (unpaired) electrons. The van der Waals surface area contributed by atoms with E-state index in [4.69, 9.17) is 10.5 Å². The molecule has 0 spiro atoms. The van der Waals surface area contributed by atoms with Gasteiger partial charge >= 0.3 is 5.97 Å². The molecule has 0 aromatic carbocycles. The minimum absolute atomic E-state index is 0.242. The Bertz CT molecular complexity index is 188. The monoisotopic (exact) mass is 213 g/mol. The highest BCUT2D eigenvalue weighted by Gasteiger charge is 2.18. The molecule has 0 heterocycles. The van der Waals surface area contributed by atoms with Gasteiger partial charge in [-0.1, -0.05) is 32.1 Å². The quantitative estimate of drug-likeness (QED) is 0.712. The Balaban J connectivity index is 2.14. The number of rotatable bonds is 5. The van der Waals surface area contributed by atoms with Crippen LogP contribution in [-0.4, -0.2) is 18.6 Å². The van der Waals surface area contributed by atoms with E-state index in [0.29, 0.717) is 6.61 Å². The Kier molecular flexibility index (Phi) is 5.69. The fourth-order valence-corrected chi connectivity index (χ4v) is 2.26. The molecule has 0 bridgehead atoms. The van der Waals surface area contributed by atoms with Crippen LogP contribution >= 0.6 is 0 Å². The molecular formula is C12H23NO2. The summed E-state index contributed by atoms with van der Waals surface area (Å²) in [6.45, 7) is 2.24. The molecule has 1 saturated carbocycles. The van der Waals surface area contributed by atoms with Crippen molar-refractivity contribution in [1.82, 2.24) is 0 Å². The molecule has 3 heteroatoms. The summed E-state index contributed by atoms with van der Waals surface area (Å²) in [4.78, 5) is 11.3. The fourth-order valence-electron chi connectivity index (χ4n) is 2.26. The van der Waals surface area contributed by atoms with E-state index in [1.165, 1.54) is 32.1 Å². The predicted molar refractivity (Wildman–Crippen MR) is 60.4 cm³/mol. The molecule has 88 valence electrons. The van der Waals surface area contributed by atoms with Gasteiger partial charge in [0.15, 0.2) is 0 Å². The second-order valence-electron chi connectivity index (χ2n) is 4.44. The third-order valence-corrected chi connectivity index (χ3v) is 3.20. The molecule has 1 rings (SSSR count). The topological polar surface area (TPSA) is 52.3 Å². The molecule has 0 saturated heterocycles. The van der Waals surface area contributed by atoms with Crippen molar-refractivity contribution in [2.24, 2.45) is 11.7 Å². The van der Waals surface area contributed by atoms with E-state index in [2.05, 4.69) is 0 Å². The summed E-state index contributed by atoms with van der Waals surface area (Å²) in [5, 5.41) is 0. The highest BCUT2D eigenvalue weighted by atomic mass is 16.5. The zero-order valence-electron chi connectivity index (χ0n) is 9.71. The molecule has 0 aliphatic heterocycles. The van der Waals surface area contributed by atoms with Gasteiger partial charge in [0.25, 0.3) is 0 Å². The molecule has 15 heavy (non-hydrogen) atoms. The van der Waals surface area contributed by atoms with Crippen LogP contribution in [0.15, 0.2) is 0 Å².